The molecule has 5 heteroatoms. The van der Waals surface area contributed by atoms with Crippen LogP contribution in [0.15, 0.2) is 48.5 Å². The number of nitrogens with one attached hydrogen (secondary N) is 1. The summed E-state index contributed by atoms with van der Waals surface area (Å²) in [7, 11) is 0. The minimum atomic E-state index is -0.990. The highest BCUT2D eigenvalue weighted by Gasteiger charge is 2.29. The highest BCUT2D eigenvalue weighted by atomic mass is 16.3. The lowest BCUT2D eigenvalue weighted by Crippen LogP contribution is -2.46. The van der Waals surface area contributed by atoms with Crippen LogP contribution in [0.2, 0.25) is 0 Å². The Bertz CT molecular complexity index is 642. The standard InChI is InChI=1S/C16H17NO4/c1-16(10-18,11-6-3-2-4-7-11)17-15(21)12-8-5-9-13(19)14(12)20/h2-9,18-20H,10H2,1H3,(H,17,21). The third-order valence-corrected chi connectivity index (χ3v) is 3.38. The van der Waals surface area contributed by atoms with E-state index < -0.39 is 17.2 Å². The molecule has 1 amide bonds. The molecule has 0 spiro atoms. The van der Waals surface area contributed by atoms with Crippen LogP contribution in [0, 0.1) is 0 Å². The Morgan fingerprint density at radius 3 is 2.38 bits per heavy atom. The van der Waals surface area contributed by atoms with E-state index >= 15 is 0 Å². The first-order chi connectivity index (χ1) is 9.98. The Hall–Kier alpha value is -2.53. The van der Waals surface area contributed by atoms with Crippen LogP contribution in [0.1, 0.15) is 22.8 Å². The van der Waals surface area contributed by atoms with E-state index in [1.807, 2.05) is 6.07 Å². The van der Waals surface area contributed by atoms with Crippen molar-refractivity contribution in [3.63, 3.8) is 0 Å². The van der Waals surface area contributed by atoms with E-state index in [4.69, 9.17) is 0 Å². The molecule has 0 heterocycles. The number of amides is 1. The van der Waals surface area contributed by atoms with Gasteiger partial charge < -0.3 is 20.6 Å². The molecule has 2 aromatic rings. The Labute approximate surface area is 122 Å². The van der Waals surface area contributed by atoms with Crippen LogP contribution in [0.5, 0.6) is 11.5 Å². The van der Waals surface area contributed by atoms with Crippen LogP contribution in [0.25, 0.3) is 0 Å². The number of rotatable bonds is 4. The molecule has 5 nitrogen and oxygen atoms in total. The van der Waals surface area contributed by atoms with Crippen molar-refractivity contribution >= 4 is 5.91 Å². The molecule has 0 aliphatic heterocycles. The zero-order valence-electron chi connectivity index (χ0n) is 11.6. The lowest BCUT2D eigenvalue weighted by atomic mass is 9.92. The molecule has 0 saturated heterocycles. The second-order valence-electron chi connectivity index (χ2n) is 4.98. The topological polar surface area (TPSA) is 89.8 Å². The first-order valence-electron chi connectivity index (χ1n) is 6.48. The lowest BCUT2D eigenvalue weighted by molar-refractivity contribution is 0.0846. The average molecular weight is 287 g/mol. The summed E-state index contributed by atoms with van der Waals surface area (Å²) in [5.41, 5.74) is -0.304. The van der Waals surface area contributed by atoms with Gasteiger partial charge in [0.15, 0.2) is 11.5 Å². The smallest absolute Gasteiger partial charge is 0.255 e. The Kier molecular flexibility index (Phi) is 4.14. The van der Waals surface area contributed by atoms with Gasteiger partial charge in [-0.05, 0) is 24.6 Å². The summed E-state index contributed by atoms with van der Waals surface area (Å²) in [5, 5.41) is 31.5. The molecule has 0 bridgehead atoms. The molecule has 0 aromatic heterocycles. The van der Waals surface area contributed by atoms with Crippen molar-refractivity contribution in [3.05, 3.63) is 59.7 Å². The minimum absolute atomic E-state index is 0.0504. The molecule has 2 aromatic carbocycles. The summed E-state index contributed by atoms with van der Waals surface area (Å²) < 4.78 is 0. The number of benzene rings is 2. The summed E-state index contributed by atoms with van der Waals surface area (Å²) in [6.45, 7) is 1.38. The third kappa shape index (κ3) is 2.98. The van der Waals surface area contributed by atoms with Crippen LogP contribution in [-0.2, 0) is 5.54 Å². The third-order valence-electron chi connectivity index (χ3n) is 3.38. The van der Waals surface area contributed by atoms with Gasteiger partial charge in [0, 0.05) is 0 Å². The van der Waals surface area contributed by atoms with E-state index in [-0.39, 0.29) is 17.9 Å². The monoisotopic (exact) mass is 287 g/mol. The maximum atomic E-state index is 12.3. The van der Waals surface area contributed by atoms with Crippen molar-refractivity contribution in [1.82, 2.24) is 5.32 Å². The van der Waals surface area contributed by atoms with E-state index in [0.29, 0.717) is 0 Å². The Morgan fingerprint density at radius 1 is 1.10 bits per heavy atom. The predicted octanol–water partition coefficient (Wildman–Crippen LogP) is 1.74. The van der Waals surface area contributed by atoms with Gasteiger partial charge >= 0.3 is 0 Å². The molecule has 21 heavy (non-hydrogen) atoms. The van der Waals surface area contributed by atoms with E-state index in [9.17, 15) is 20.1 Å². The van der Waals surface area contributed by atoms with Gasteiger partial charge in [0.25, 0.3) is 5.91 Å². The summed E-state index contributed by atoms with van der Waals surface area (Å²) in [6, 6.07) is 13.2. The van der Waals surface area contributed by atoms with Gasteiger partial charge in [0.05, 0.1) is 17.7 Å². The second-order valence-corrected chi connectivity index (χ2v) is 4.98. The molecule has 0 aliphatic carbocycles. The maximum Gasteiger partial charge on any atom is 0.255 e. The van der Waals surface area contributed by atoms with Crippen molar-refractivity contribution in [3.8, 4) is 11.5 Å². The van der Waals surface area contributed by atoms with Gasteiger partial charge in [0.2, 0.25) is 0 Å². The predicted molar refractivity (Wildman–Crippen MR) is 78.1 cm³/mol. The first kappa shape index (κ1) is 14.9. The SMILES string of the molecule is CC(CO)(NC(=O)c1cccc(O)c1O)c1ccccc1. The van der Waals surface area contributed by atoms with Gasteiger partial charge in [-0.25, -0.2) is 0 Å². The van der Waals surface area contributed by atoms with Crippen molar-refractivity contribution in [1.29, 1.82) is 0 Å². The van der Waals surface area contributed by atoms with E-state index in [0.717, 1.165) is 5.56 Å². The molecule has 0 radical (unpaired) electrons. The molecule has 1 unspecified atom stereocenters. The highest BCUT2D eigenvalue weighted by molar-refractivity contribution is 5.98. The van der Waals surface area contributed by atoms with Crippen LogP contribution in [0.3, 0.4) is 0 Å². The zero-order valence-corrected chi connectivity index (χ0v) is 11.6. The summed E-state index contributed by atoms with van der Waals surface area (Å²) in [6.07, 6.45) is 0. The van der Waals surface area contributed by atoms with Crippen LogP contribution in [0.4, 0.5) is 0 Å². The fourth-order valence-corrected chi connectivity index (χ4v) is 2.04. The molecule has 0 saturated carbocycles. The van der Waals surface area contributed by atoms with Crippen LogP contribution in [-0.4, -0.2) is 27.8 Å². The Morgan fingerprint density at radius 2 is 1.76 bits per heavy atom. The van der Waals surface area contributed by atoms with E-state index in [1.54, 1.807) is 31.2 Å². The largest absolute Gasteiger partial charge is 0.504 e. The second kappa shape index (κ2) is 5.85. The molecule has 2 rings (SSSR count). The minimum Gasteiger partial charge on any atom is -0.504 e. The number of aliphatic hydroxyl groups is 1. The molecular weight excluding hydrogens is 270 g/mol. The average Bonchev–Trinajstić information content (AvgIpc) is 2.50. The molecule has 1 atom stereocenters. The quantitative estimate of drug-likeness (QED) is 0.645. The van der Waals surface area contributed by atoms with Crippen molar-refractivity contribution in [2.45, 2.75) is 12.5 Å². The summed E-state index contributed by atoms with van der Waals surface area (Å²) in [5.74, 6) is -1.43. The van der Waals surface area contributed by atoms with Gasteiger partial charge in [0.1, 0.15) is 0 Å². The van der Waals surface area contributed by atoms with Gasteiger partial charge in [-0.15, -0.1) is 0 Å². The number of phenolic OH excluding ortho intramolecular Hbond substituents is 2. The summed E-state index contributed by atoms with van der Waals surface area (Å²) >= 11 is 0. The van der Waals surface area contributed by atoms with Crippen LogP contribution >= 0.6 is 0 Å². The molecule has 4 N–H and O–H groups in total. The fraction of sp³-hybridized carbons (Fsp3) is 0.188. The number of carbonyl (C=O) groups is 1. The maximum absolute atomic E-state index is 12.3. The number of carbonyl (C=O) groups excluding carboxylic acids is 1. The van der Waals surface area contributed by atoms with Crippen molar-refractivity contribution in [2.75, 3.05) is 6.61 Å². The molecule has 0 fully saturated rings. The van der Waals surface area contributed by atoms with Crippen LogP contribution < -0.4 is 5.32 Å². The zero-order chi connectivity index (χ0) is 15.5. The number of aromatic hydroxyl groups is 2. The normalized spacial score (nSPS) is 13.4. The van der Waals surface area contributed by atoms with E-state index in [1.165, 1.54) is 18.2 Å². The number of phenols is 2. The van der Waals surface area contributed by atoms with Gasteiger partial charge in [-0.1, -0.05) is 36.4 Å². The molecular formula is C16H17NO4. The first-order valence-corrected chi connectivity index (χ1v) is 6.48. The Balaban J connectivity index is 2.30. The van der Waals surface area contributed by atoms with Crippen molar-refractivity contribution in [2.24, 2.45) is 0 Å². The molecule has 110 valence electrons. The van der Waals surface area contributed by atoms with E-state index in [2.05, 4.69) is 5.32 Å². The highest BCUT2D eigenvalue weighted by Crippen LogP contribution is 2.29. The fourth-order valence-electron chi connectivity index (χ4n) is 2.04. The van der Waals surface area contributed by atoms with Gasteiger partial charge in [-0.3, -0.25) is 4.79 Å². The molecule has 0 aliphatic rings. The number of hydrogen-bond acceptors (Lipinski definition) is 4. The summed E-state index contributed by atoms with van der Waals surface area (Å²) in [4.78, 5) is 12.3. The number of para-hydroxylation sites is 1. The van der Waals surface area contributed by atoms with Gasteiger partial charge in [-0.2, -0.15) is 0 Å². The lowest BCUT2D eigenvalue weighted by Gasteiger charge is -2.29. The number of hydrogen-bond donors (Lipinski definition) is 4. The van der Waals surface area contributed by atoms with Crippen molar-refractivity contribution < 1.29 is 20.1 Å². The number of aliphatic hydroxyl groups excluding tert-OH is 1.